The number of anilines is 2. The third-order valence-corrected chi connectivity index (χ3v) is 5.23. The molecule has 1 aliphatic heterocycles. The first-order chi connectivity index (χ1) is 12.6. The van der Waals surface area contributed by atoms with Crippen molar-refractivity contribution in [3.8, 4) is 0 Å². The number of benzene rings is 2. The van der Waals surface area contributed by atoms with Gasteiger partial charge in [0, 0.05) is 36.6 Å². The number of likely N-dealkylation sites (N-methyl/N-ethyl adjacent to an activating group) is 1. The van der Waals surface area contributed by atoms with Crippen molar-refractivity contribution in [2.75, 3.05) is 36.4 Å². The summed E-state index contributed by atoms with van der Waals surface area (Å²) in [6.45, 7) is 11.6. The average Bonchev–Trinajstić information content (AvgIpc) is 3.08. The van der Waals surface area contributed by atoms with Crippen molar-refractivity contribution in [3.63, 3.8) is 0 Å². The predicted molar refractivity (Wildman–Crippen MR) is 109 cm³/mol. The predicted octanol–water partition coefficient (Wildman–Crippen LogP) is 4.16. The summed E-state index contributed by atoms with van der Waals surface area (Å²) in [6.07, 6.45) is 1.09. The van der Waals surface area contributed by atoms with Gasteiger partial charge in [0.2, 0.25) is 0 Å². The third-order valence-electron chi connectivity index (χ3n) is 5.23. The summed E-state index contributed by atoms with van der Waals surface area (Å²) < 4.78 is 0. The van der Waals surface area contributed by atoms with Crippen molar-refractivity contribution < 1.29 is 4.79 Å². The van der Waals surface area contributed by atoms with E-state index in [-0.39, 0.29) is 5.91 Å². The van der Waals surface area contributed by atoms with Crippen LogP contribution in [0.1, 0.15) is 42.3 Å². The highest BCUT2D eigenvalue weighted by Crippen LogP contribution is 2.30. The van der Waals surface area contributed by atoms with Gasteiger partial charge in [-0.25, -0.2) is 0 Å². The molecule has 0 aliphatic carbocycles. The Morgan fingerprint density at radius 1 is 1.08 bits per heavy atom. The molecule has 3 rings (SSSR count). The van der Waals surface area contributed by atoms with E-state index in [9.17, 15) is 4.79 Å². The smallest absolute Gasteiger partial charge is 0.255 e. The van der Waals surface area contributed by atoms with Crippen molar-refractivity contribution in [2.24, 2.45) is 0 Å². The van der Waals surface area contributed by atoms with Crippen molar-refractivity contribution in [1.82, 2.24) is 4.90 Å². The molecular weight excluding hydrogens is 322 g/mol. The molecule has 0 radical (unpaired) electrons. The van der Waals surface area contributed by atoms with Crippen LogP contribution < -0.4 is 10.2 Å². The van der Waals surface area contributed by atoms with Gasteiger partial charge in [-0.15, -0.1) is 0 Å². The standard InChI is InChI=1S/C22H29N3O/c1-4-24(5-2)16-17-7-9-19(10-8-17)22(26)23-20-12-11-18-13-14-25(6-3)21(18)15-20/h7-12,15H,4-6,13-14,16H2,1-3H3,(H,23,26). The molecule has 0 fully saturated rings. The zero-order valence-corrected chi connectivity index (χ0v) is 16.1. The molecule has 1 amide bonds. The Hall–Kier alpha value is -2.33. The Labute approximate surface area is 156 Å². The van der Waals surface area contributed by atoms with Gasteiger partial charge in [0.1, 0.15) is 0 Å². The molecule has 138 valence electrons. The van der Waals surface area contributed by atoms with Crippen molar-refractivity contribution in [3.05, 3.63) is 59.2 Å². The van der Waals surface area contributed by atoms with E-state index in [4.69, 9.17) is 0 Å². The lowest BCUT2D eigenvalue weighted by molar-refractivity contribution is 0.102. The molecule has 1 N–H and O–H groups in total. The van der Waals surface area contributed by atoms with Crippen molar-refractivity contribution in [1.29, 1.82) is 0 Å². The zero-order chi connectivity index (χ0) is 18.5. The molecule has 1 heterocycles. The summed E-state index contributed by atoms with van der Waals surface area (Å²) in [6, 6.07) is 14.2. The van der Waals surface area contributed by atoms with Gasteiger partial charge in [0.05, 0.1) is 0 Å². The molecule has 0 unspecified atom stereocenters. The summed E-state index contributed by atoms with van der Waals surface area (Å²) in [7, 11) is 0. The maximum absolute atomic E-state index is 12.6. The minimum absolute atomic E-state index is 0.0552. The Morgan fingerprint density at radius 2 is 1.81 bits per heavy atom. The number of hydrogen-bond acceptors (Lipinski definition) is 3. The molecule has 4 nitrogen and oxygen atoms in total. The molecule has 0 spiro atoms. The first kappa shape index (κ1) is 18.5. The van der Waals surface area contributed by atoms with Crippen LogP contribution in [0.3, 0.4) is 0 Å². The lowest BCUT2D eigenvalue weighted by Gasteiger charge is -2.18. The van der Waals surface area contributed by atoms with Gasteiger partial charge in [-0.3, -0.25) is 9.69 Å². The maximum Gasteiger partial charge on any atom is 0.255 e. The van der Waals surface area contributed by atoms with E-state index in [1.54, 1.807) is 0 Å². The molecule has 0 saturated carbocycles. The van der Waals surface area contributed by atoms with Gasteiger partial charge >= 0.3 is 0 Å². The summed E-state index contributed by atoms with van der Waals surface area (Å²) in [5, 5.41) is 3.04. The van der Waals surface area contributed by atoms with Crippen LogP contribution in [0.5, 0.6) is 0 Å². The van der Waals surface area contributed by atoms with Crippen LogP contribution in [0.25, 0.3) is 0 Å². The van der Waals surface area contributed by atoms with Gasteiger partial charge in [-0.2, -0.15) is 0 Å². The second-order valence-electron chi connectivity index (χ2n) is 6.79. The molecule has 2 aromatic carbocycles. The van der Waals surface area contributed by atoms with Crippen LogP contribution in [-0.4, -0.2) is 37.0 Å². The molecule has 0 saturated heterocycles. The molecule has 2 aromatic rings. The zero-order valence-electron chi connectivity index (χ0n) is 16.1. The van der Waals surface area contributed by atoms with Gasteiger partial charge in [-0.05, 0) is 61.8 Å². The lowest BCUT2D eigenvalue weighted by Crippen LogP contribution is -2.22. The molecule has 1 aliphatic rings. The minimum Gasteiger partial charge on any atom is -0.371 e. The molecule has 26 heavy (non-hydrogen) atoms. The minimum atomic E-state index is -0.0552. The Bertz CT molecular complexity index is 750. The van der Waals surface area contributed by atoms with Crippen LogP contribution >= 0.6 is 0 Å². The number of carbonyl (C=O) groups is 1. The van der Waals surface area contributed by atoms with Gasteiger partial charge in [-0.1, -0.05) is 32.0 Å². The average molecular weight is 351 g/mol. The molecule has 0 atom stereocenters. The highest BCUT2D eigenvalue weighted by atomic mass is 16.1. The first-order valence-corrected chi connectivity index (χ1v) is 9.65. The lowest BCUT2D eigenvalue weighted by atomic mass is 10.1. The Balaban J connectivity index is 1.67. The second kappa shape index (κ2) is 8.37. The van der Waals surface area contributed by atoms with E-state index in [0.29, 0.717) is 5.56 Å². The van der Waals surface area contributed by atoms with Crippen LogP contribution in [0, 0.1) is 0 Å². The number of amides is 1. The summed E-state index contributed by atoms with van der Waals surface area (Å²) in [4.78, 5) is 17.3. The molecular formula is C22H29N3O. The largest absolute Gasteiger partial charge is 0.371 e. The number of carbonyl (C=O) groups excluding carboxylic acids is 1. The van der Waals surface area contributed by atoms with Crippen LogP contribution in [-0.2, 0) is 13.0 Å². The van der Waals surface area contributed by atoms with E-state index in [1.807, 2.05) is 18.2 Å². The summed E-state index contributed by atoms with van der Waals surface area (Å²) >= 11 is 0. The highest BCUT2D eigenvalue weighted by Gasteiger charge is 2.18. The number of nitrogens with one attached hydrogen (secondary N) is 1. The van der Waals surface area contributed by atoms with E-state index in [2.05, 4.69) is 60.2 Å². The number of hydrogen-bond donors (Lipinski definition) is 1. The maximum atomic E-state index is 12.6. The van der Waals surface area contributed by atoms with Gasteiger partial charge in [0.25, 0.3) is 5.91 Å². The quantitative estimate of drug-likeness (QED) is 0.813. The Kier molecular flexibility index (Phi) is 5.94. The van der Waals surface area contributed by atoms with E-state index in [1.165, 1.54) is 16.8 Å². The van der Waals surface area contributed by atoms with Crippen molar-refractivity contribution in [2.45, 2.75) is 33.7 Å². The number of nitrogens with zero attached hydrogens (tertiary/aromatic N) is 2. The van der Waals surface area contributed by atoms with Gasteiger partial charge in [0.15, 0.2) is 0 Å². The fraction of sp³-hybridized carbons (Fsp3) is 0.409. The number of rotatable bonds is 7. The number of fused-ring (bicyclic) bond motifs is 1. The summed E-state index contributed by atoms with van der Waals surface area (Å²) in [5.41, 5.74) is 5.41. The fourth-order valence-corrected chi connectivity index (χ4v) is 3.52. The molecule has 4 heteroatoms. The van der Waals surface area contributed by atoms with Crippen LogP contribution in [0.4, 0.5) is 11.4 Å². The van der Waals surface area contributed by atoms with E-state index in [0.717, 1.165) is 44.8 Å². The normalized spacial score (nSPS) is 13.2. The van der Waals surface area contributed by atoms with Crippen LogP contribution in [0.15, 0.2) is 42.5 Å². The first-order valence-electron chi connectivity index (χ1n) is 9.65. The molecule has 0 aromatic heterocycles. The van der Waals surface area contributed by atoms with E-state index < -0.39 is 0 Å². The van der Waals surface area contributed by atoms with E-state index >= 15 is 0 Å². The van der Waals surface area contributed by atoms with Gasteiger partial charge < -0.3 is 10.2 Å². The van der Waals surface area contributed by atoms with Crippen molar-refractivity contribution >= 4 is 17.3 Å². The monoisotopic (exact) mass is 351 g/mol. The highest BCUT2D eigenvalue weighted by molar-refractivity contribution is 6.04. The Morgan fingerprint density at radius 3 is 2.46 bits per heavy atom. The third kappa shape index (κ3) is 4.07. The fourth-order valence-electron chi connectivity index (χ4n) is 3.52. The topological polar surface area (TPSA) is 35.6 Å². The molecule has 0 bridgehead atoms. The second-order valence-corrected chi connectivity index (χ2v) is 6.79. The summed E-state index contributed by atoms with van der Waals surface area (Å²) in [5.74, 6) is -0.0552. The SMILES string of the molecule is CCN(CC)Cc1ccc(C(=O)Nc2ccc3c(c2)N(CC)CC3)cc1. The van der Waals surface area contributed by atoms with Crippen LogP contribution in [0.2, 0.25) is 0 Å².